The third-order valence-electron chi connectivity index (χ3n) is 7.70. The van der Waals surface area contributed by atoms with Crippen LogP contribution in [-0.2, 0) is 32.7 Å². The molecule has 0 rings (SSSR count). The van der Waals surface area contributed by atoms with Gasteiger partial charge in [-0.2, -0.15) is 0 Å². The van der Waals surface area contributed by atoms with Crippen molar-refractivity contribution in [2.24, 2.45) is 0 Å². The molecule has 0 saturated carbocycles. The van der Waals surface area contributed by atoms with E-state index in [1.165, 1.54) is 19.3 Å². The highest BCUT2D eigenvalue weighted by atomic mass is 31.2. The van der Waals surface area contributed by atoms with Gasteiger partial charge in [-0.25, -0.2) is 9.36 Å². The number of carbonyl (C=O) groups is 3. The molecule has 0 aliphatic rings. The van der Waals surface area contributed by atoms with E-state index in [1.807, 2.05) is 12.2 Å². The average Bonchev–Trinajstić information content (AvgIpc) is 3.14. The van der Waals surface area contributed by atoms with Crippen molar-refractivity contribution < 1.29 is 47.8 Å². The Morgan fingerprint density at radius 3 is 1.57 bits per heavy atom. The number of amides is 1. The molecule has 11 nitrogen and oxygen atoms in total. The van der Waals surface area contributed by atoms with E-state index in [0.29, 0.717) is 19.3 Å². The van der Waals surface area contributed by atoms with Gasteiger partial charge in [-0.1, -0.05) is 137 Å². The van der Waals surface area contributed by atoms with Crippen molar-refractivity contribution in [2.75, 3.05) is 19.8 Å². The number of unbranched alkanes of at least 4 members (excludes halogenated alkanes) is 7. The number of carboxylic acid groups (broad SMARTS) is 1. The zero-order valence-corrected chi connectivity index (χ0v) is 33.6. The number of carboxylic acids is 1. The van der Waals surface area contributed by atoms with Crippen LogP contribution in [0, 0.1) is 0 Å². The van der Waals surface area contributed by atoms with E-state index >= 15 is 0 Å². The predicted octanol–water partition coefficient (Wildman–Crippen LogP) is 9.55. The molecule has 0 aliphatic heterocycles. The number of ether oxygens (including phenoxy) is 1. The number of aliphatic hydroxyl groups excluding tert-OH is 1. The number of nitrogens with one attached hydrogen (secondary N) is 1. The summed E-state index contributed by atoms with van der Waals surface area (Å²) in [5.41, 5.74) is 0. The number of allylic oxidation sites excluding steroid dienone is 14. The molecule has 0 aromatic carbocycles. The Morgan fingerprint density at radius 2 is 1.07 bits per heavy atom. The number of phosphoric acid groups is 1. The lowest BCUT2D eigenvalue weighted by molar-refractivity contribution is -0.147. The number of phosphoric ester groups is 1. The van der Waals surface area contributed by atoms with Crippen LogP contribution in [0.15, 0.2) is 85.1 Å². The average molecular weight is 778 g/mol. The number of carbonyl (C=O) groups excluding carboxylic acids is 2. The highest BCUT2D eigenvalue weighted by molar-refractivity contribution is 7.47. The topological polar surface area (TPSA) is 169 Å². The van der Waals surface area contributed by atoms with E-state index in [1.54, 1.807) is 0 Å². The molecule has 0 radical (unpaired) electrons. The molecule has 0 heterocycles. The number of hydrogen-bond donors (Lipinski definition) is 4. The summed E-state index contributed by atoms with van der Waals surface area (Å²) in [6, 6.07) is -1.58. The van der Waals surface area contributed by atoms with E-state index in [-0.39, 0.29) is 12.8 Å². The van der Waals surface area contributed by atoms with Gasteiger partial charge in [0, 0.05) is 12.8 Å². The van der Waals surface area contributed by atoms with Gasteiger partial charge in [0.1, 0.15) is 12.7 Å². The summed E-state index contributed by atoms with van der Waals surface area (Å²) >= 11 is 0. The van der Waals surface area contributed by atoms with E-state index in [4.69, 9.17) is 13.8 Å². The highest BCUT2D eigenvalue weighted by Gasteiger charge is 2.28. The molecule has 0 aromatic heterocycles. The first-order valence-electron chi connectivity index (χ1n) is 19.6. The van der Waals surface area contributed by atoms with E-state index in [0.717, 1.165) is 64.2 Å². The summed E-state index contributed by atoms with van der Waals surface area (Å²) in [7, 11) is -4.77. The van der Waals surface area contributed by atoms with Crippen molar-refractivity contribution in [3.8, 4) is 0 Å². The lowest BCUT2D eigenvalue weighted by Crippen LogP contribution is -2.43. The first kappa shape index (κ1) is 50.7. The molecule has 12 heteroatoms. The van der Waals surface area contributed by atoms with Gasteiger partial charge in [0.15, 0.2) is 6.04 Å². The van der Waals surface area contributed by atoms with Crippen molar-refractivity contribution in [1.82, 2.24) is 5.32 Å². The third-order valence-corrected chi connectivity index (χ3v) is 8.65. The van der Waals surface area contributed by atoms with Gasteiger partial charge in [0.2, 0.25) is 5.91 Å². The summed E-state index contributed by atoms with van der Waals surface area (Å²) in [4.78, 5) is 45.6. The van der Waals surface area contributed by atoms with E-state index in [9.17, 15) is 34.1 Å². The number of aliphatic carboxylic acids is 1. The van der Waals surface area contributed by atoms with Gasteiger partial charge >= 0.3 is 19.8 Å². The Labute approximate surface area is 324 Å². The fraction of sp³-hybridized carbons (Fsp3) is 0.595. The van der Waals surface area contributed by atoms with Crippen LogP contribution in [0.1, 0.15) is 129 Å². The molecule has 1 amide bonds. The minimum atomic E-state index is -4.77. The maximum Gasteiger partial charge on any atom is 0.472 e. The fourth-order valence-electron chi connectivity index (χ4n) is 4.65. The van der Waals surface area contributed by atoms with Crippen molar-refractivity contribution in [3.05, 3.63) is 85.1 Å². The molecule has 0 fully saturated rings. The van der Waals surface area contributed by atoms with Crippen LogP contribution >= 0.6 is 7.82 Å². The van der Waals surface area contributed by atoms with Gasteiger partial charge in [-0.15, -0.1) is 0 Å². The molecule has 3 atom stereocenters. The third kappa shape index (κ3) is 35.7. The van der Waals surface area contributed by atoms with Gasteiger partial charge in [-0.3, -0.25) is 18.6 Å². The van der Waals surface area contributed by atoms with E-state index in [2.05, 4.69) is 92.1 Å². The zero-order chi connectivity index (χ0) is 40.0. The Bertz CT molecular complexity index is 1240. The standard InChI is InChI=1S/C42H68NO10P/c1-3-5-7-9-11-12-13-14-15-16-17-18-19-20-21-22-23-24-25-26-28-29-31-33-40(45)43-39(42(47)48)37-53-54(49,50)52-36-38(44)35-51-41(46)34-32-30-27-10-8-6-4-2/h5,7,11-12,14-15,17-18,20-21,23-24,26,28,38-39,44H,3-4,6,8-10,13,16,19,22,25,27,29-37H2,1-2H3,(H,43,45)(H,47,48)(H,49,50)/b7-5-,12-11-,15-14-,18-17-,21-20-,24-23-,28-26-. The molecule has 0 bridgehead atoms. The number of hydrogen-bond acceptors (Lipinski definition) is 8. The summed E-state index contributed by atoms with van der Waals surface area (Å²) in [6.45, 7) is 2.34. The second-order valence-electron chi connectivity index (χ2n) is 12.7. The van der Waals surface area contributed by atoms with Gasteiger partial charge in [-0.05, 0) is 64.2 Å². The lowest BCUT2D eigenvalue weighted by Gasteiger charge is -2.18. The van der Waals surface area contributed by atoms with Crippen LogP contribution in [0.3, 0.4) is 0 Å². The first-order chi connectivity index (χ1) is 26.1. The van der Waals surface area contributed by atoms with Crippen molar-refractivity contribution >= 4 is 25.7 Å². The van der Waals surface area contributed by atoms with Gasteiger partial charge in [0.25, 0.3) is 0 Å². The van der Waals surface area contributed by atoms with Crippen molar-refractivity contribution in [3.63, 3.8) is 0 Å². The molecule has 3 unspecified atom stereocenters. The molecular weight excluding hydrogens is 709 g/mol. The Balaban J connectivity index is 4.08. The molecule has 0 aromatic rings. The Kier molecular flexibility index (Phi) is 34.4. The van der Waals surface area contributed by atoms with Crippen LogP contribution < -0.4 is 5.32 Å². The minimum Gasteiger partial charge on any atom is -0.480 e. The fourth-order valence-corrected chi connectivity index (χ4v) is 5.43. The second-order valence-corrected chi connectivity index (χ2v) is 14.2. The van der Waals surface area contributed by atoms with Gasteiger partial charge in [0.05, 0.1) is 13.2 Å². The number of esters is 1. The number of aliphatic hydroxyl groups is 1. The largest absolute Gasteiger partial charge is 0.480 e. The van der Waals surface area contributed by atoms with E-state index < -0.39 is 57.6 Å². The monoisotopic (exact) mass is 777 g/mol. The summed E-state index contributed by atoms with van der Waals surface area (Å²) in [5.74, 6) is -2.48. The maximum atomic E-state index is 12.3. The molecule has 0 aliphatic carbocycles. The van der Waals surface area contributed by atoms with Crippen LogP contribution in [0.25, 0.3) is 0 Å². The molecule has 0 saturated heterocycles. The molecule has 54 heavy (non-hydrogen) atoms. The predicted molar refractivity (Wildman–Crippen MR) is 217 cm³/mol. The Morgan fingerprint density at radius 1 is 0.611 bits per heavy atom. The summed E-state index contributed by atoms with van der Waals surface area (Å²) in [5, 5.41) is 21.6. The second kappa shape index (κ2) is 36.6. The van der Waals surface area contributed by atoms with Crippen LogP contribution in [-0.4, -0.2) is 64.9 Å². The van der Waals surface area contributed by atoms with Crippen molar-refractivity contribution in [2.45, 2.75) is 142 Å². The van der Waals surface area contributed by atoms with Crippen LogP contribution in [0.2, 0.25) is 0 Å². The van der Waals surface area contributed by atoms with Crippen LogP contribution in [0.5, 0.6) is 0 Å². The number of rotatable bonds is 35. The normalized spacial score (nSPS) is 14.7. The SMILES string of the molecule is CC/C=C\C/C=C\C/C=C\C/C=C\C/C=C\C/C=C\C/C=C\CCCC(=O)NC(COP(=O)(O)OCC(O)COC(=O)CCCCCCCCC)C(=O)O. The first-order valence-corrected chi connectivity index (χ1v) is 21.1. The summed E-state index contributed by atoms with van der Waals surface area (Å²) < 4.78 is 26.6. The van der Waals surface area contributed by atoms with Crippen LogP contribution in [0.4, 0.5) is 0 Å². The molecule has 4 N–H and O–H groups in total. The lowest BCUT2D eigenvalue weighted by atomic mass is 10.1. The highest BCUT2D eigenvalue weighted by Crippen LogP contribution is 2.43. The summed E-state index contributed by atoms with van der Waals surface area (Å²) in [6.07, 6.45) is 43.7. The maximum absolute atomic E-state index is 12.3. The van der Waals surface area contributed by atoms with Crippen molar-refractivity contribution in [1.29, 1.82) is 0 Å². The quantitative estimate of drug-likeness (QED) is 0.0210. The zero-order valence-electron chi connectivity index (χ0n) is 32.7. The molecule has 306 valence electrons. The van der Waals surface area contributed by atoms with Gasteiger partial charge < -0.3 is 25.2 Å². The minimum absolute atomic E-state index is 0.0607. The molecular formula is C42H68NO10P. The molecule has 0 spiro atoms. The smallest absolute Gasteiger partial charge is 0.472 e. The Hall–Kier alpha value is -3.34.